The van der Waals surface area contributed by atoms with Gasteiger partial charge in [-0.05, 0) is 78.5 Å². The van der Waals surface area contributed by atoms with Gasteiger partial charge in [0, 0.05) is 63.5 Å². The molecule has 5 rings (SSSR count). The summed E-state index contributed by atoms with van der Waals surface area (Å²) >= 11 is 0. The lowest BCUT2D eigenvalue weighted by Gasteiger charge is -2.35. The van der Waals surface area contributed by atoms with Crippen molar-refractivity contribution in [3.8, 4) is 11.5 Å². The lowest BCUT2D eigenvalue weighted by atomic mass is 9.85. The molecule has 0 aromatic heterocycles. The van der Waals surface area contributed by atoms with Crippen LogP contribution in [-0.4, -0.2) is 151 Å². The highest BCUT2D eigenvalue weighted by Crippen LogP contribution is 2.30. The third kappa shape index (κ3) is 17.6. The second-order valence-corrected chi connectivity index (χ2v) is 19.8. The van der Waals surface area contributed by atoms with Crippen molar-refractivity contribution >= 4 is 35.6 Å². The summed E-state index contributed by atoms with van der Waals surface area (Å²) in [7, 11) is 2.56. The SMILES string of the molecule is COC(=O)[C@@H]1C[C@@H](OCCCCO)CN1C(=O)[C@@H](NC(=O)c1cccc(O)c1)C(C)(C)C.COC(=O)[C@@H]1C[C@@H](OCCCCOCc2ccccc2)CN1C(=O)[C@@H](NC(=O)c1cccc(O)c1)C(C)(C)C. The average molecular weight is 991 g/mol. The smallest absolute Gasteiger partial charge is 0.328 e. The zero-order chi connectivity index (χ0) is 52.3. The molecule has 18 heteroatoms. The number of benzene rings is 3. The molecule has 0 radical (unpaired) electrons. The van der Waals surface area contributed by atoms with E-state index in [9.17, 15) is 39.0 Å². The summed E-state index contributed by atoms with van der Waals surface area (Å²) < 4.78 is 27.4. The summed E-state index contributed by atoms with van der Waals surface area (Å²) in [5.41, 5.74) is 0.290. The van der Waals surface area contributed by atoms with Gasteiger partial charge in [0.2, 0.25) is 11.8 Å². The van der Waals surface area contributed by atoms with Crippen molar-refractivity contribution in [1.82, 2.24) is 20.4 Å². The number of aliphatic hydroxyl groups excluding tert-OH is 1. The molecule has 2 aliphatic heterocycles. The summed E-state index contributed by atoms with van der Waals surface area (Å²) in [4.78, 5) is 80.8. The molecule has 390 valence electrons. The first-order valence-electron chi connectivity index (χ1n) is 24.1. The minimum Gasteiger partial charge on any atom is -0.508 e. The number of nitrogens with one attached hydrogen (secondary N) is 2. The molecule has 0 bridgehead atoms. The highest BCUT2D eigenvalue weighted by molar-refractivity contribution is 6.00. The third-order valence-electron chi connectivity index (χ3n) is 12.1. The standard InChI is InChI=1S/C30H40N2O7.C23H34N2O7/c1-30(2,3)26(31-27(34)22-13-10-14-23(33)17-22)28(35)32-19-24(18-25(32)29(36)37-4)39-16-9-8-15-38-20-21-11-6-5-7-12-21;1-23(2,3)19(24-20(28)15-8-7-9-16(27)12-15)21(29)25-14-17(32-11-6-5-10-26)13-18(25)22(30)31-4/h5-7,10-14,17,24-26,33H,8-9,15-16,18-20H2,1-4H3,(H,31,34);7-9,12,17-19,26-27H,5-6,10-11,13-14H2,1-4H3,(H,24,28)/t24-,25+,26-;17-,18+,19-/m11/s1. The molecule has 2 fully saturated rings. The zero-order valence-electron chi connectivity index (χ0n) is 42.4. The topological polar surface area (TPSA) is 240 Å². The molecule has 0 unspecified atom stereocenters. The number of methoxy groups -OCH3 is 2. The number of rotatable bonds is 21. The third-order valence-corrected chi connectivity index (χ3v) is 12.1. The molecule has 71 heavy (non-hydrogen) atoms. The predicted octanol–water partition coefficient (Wildman–Crippen LogP) is 5.16. The predicted molar refractivity (Wildman–Crippen MR) is 263 cm³/mol. The first-order chi connectivity index (χ1) is 33.7. The van der Waals surface area contributed by atoms with E-state index in [-0.39, 0.29) is 60.4 Å². The maximum atomic E-state index is 13.7. The van der Waals surface area contributed by atoms with E-state index in [1.807, 2.05) is 71.9 Å². The fourth-order valence-electron chi connectivity index (χ4n) is 8.18. The van der Waals surface area contributed by atoms with Crippen molar-refractivity contribution in [3.63, 3.8) is 0 Å². The van der Waals surface area contributed by atoms with E-state index in [2.05, 4.69) is 10.6 Å². The number of unbranched alkanes of at least 4 members (excludes halogenated alkanes) is 2. The Morgan fingerprint density at radius 1 is 0.606 bits per heavy atom. The number of hydrogen-bond donors (Lipinski definition) is 5. The second-order valence-electron chi connectivity index (χ2n) is 19.8. The summed E-state index contributed by atoms with van der Waals surface area (Å²) in [6.07, 6.45) is 2.85. The van der Waals surface area contributed by atoms with Crippen molar-refractivity contribution in [2.75, 3.05) is 53.7 Å². The zero-order valence-corrected chi connectivity index (χ0v) is 42.4. The molecule has 0 aliphatic carbocycles. The summed E-state index contributed by atoms with van der Waals surface area (Å²) in [5.74, 6) is -2.93. The number of aromatic hydroxyl groups is 2. The van der Waals surface area contributed by atoms with E-state index in [1.165, 1.54) is 48.3 Å². The normalized spacial score (nSPS) is 18.7. The van der Waals surface area contributed by atoms with Crippen LogP contribution in [0.15, 0.2) is 78.9 Å². The van der Waals surface area contributed by atoms with E-state index < -0.39 is 64.7 Å². The van der Waals surface area contributed by atoms with Gasteiger partial charge in [-0.1, -0.05) is 84.0 Å². The maximum absolute atomic E-state index is 13.7. The molecule has 0 saturated carbocycles. The van der Waals surface area contributed by atoms with Gasteiger partial charge in [-0.15, -0.1) is 0 Å². The highest BCUT2D eigenvalue weighted by atomic mass is 16.5. The Balaban J connectivity index is 0.000000315. The number of hydrogen-bond acceptors (Lipinski definition) is 14. The number of phenolic OH excluding ortho intramolecular Hbond substituents is 2. The van der Waals surface area contributed by atoms with E-state index >= 15 is 0 Å². The van der Waals surface area contributed by atoms with Gasteiger partial charge in [0.1, 0.15) is 35.7 Å². The van der Waals surface area contributed by atoms with E-state index in [1.54, 1.807) is 24.3 Å². The number of nitrogens with zero attached hydrogens (tertiary/aromatic N) is 2. The van der Waals surface area contributed by atoms with Crippen LogP contribution in [0.4, 0.5) is 0 Å². The van der Waals surface area contributed by atoms with Crippen LogP contribution in [0.2, 0.25) is 0 Å². The van der Waals surface area contributed by atoms with Gasteiger partial charge in [0.25, 0.3) is 11.8 Å². The van der Waals surface area contributed by atoms with Gasteiger partial charge in [0.05, 0.1) is 33.0 Å². The molecule has 6 atom stereocenters. The number of carbonyl (C=O) groups is 6. The maximum Gasteiger partial charge on any atom is 0.328 e. The number of likely N-dealkylation sites (tertiary alicyclic amines) is 2. The van der Waals surface area contributed by atoms with Crippen LogP contribution in [0.1, 0.15) is 106 Å². The van der Waals surface area contributed by atoms with Crippen molar-refractivity contribution < 1.29 is 67.8 Å². The molecule has 18 nitrogen and oxygen atoms in total. The van der Waals surface area contributed by atoms with Crippen LogP contribution in [0.25, 0.3) is 0 Å². The molecule has 2 heterocycles. The lowest BCUT2D eigenvalue weighted by molar-refractivity contribution is -0.152. The molecule has 3 aromatic rings. The number of ether oxygens (including phenoxy) is 5. The largest absolute Gasteiger partial charge is 0.508 e. The van der Waals surface area contributed by atoms with Crippen LogP contribution in [0.3, 0.4) is 0 Å². The van der Waals surface area contributed by atoms with E-state index in [0.29, 0.717) is 52.1 Å². The van der Waals surface area contributed by atoms with Gasteiger partial charge >= 0.3 is 11.9 Å². The molecule has 0 spiro atoms. The number of aliphatic hydroxyl groups is 1. The molecule has 3 aromatic carbocycles. The monoisotopic (exact) mass is 991 g/mol. The number of amides is 4. The Labute approximate surface area is 417 Å². The Bertz CT molecular complexity index is 2210. The van der Waals surface area contributed by atoms with Crippen molar-refractivity contribution in [2.24, 2.45) is 10.8 Å². The van der Waals surface area contributed by atoms with Gasteiger partial charge in [-0.25, -0.2) is 9.59 Å². The Morgan fingerprint density at radius 2 is 1.03 bits per heavy atom. The Hall–Kier alpha value is -6.08. The highest BCUT2D eigenvalue weighted by Gasteiger charge is 2.47. The molecular formula is C53H74N4O14. The van der Waals surface area contributed by atoms with Crippen LogP contribution in [0, 0.1) is 10.8 Å². The van der Waals surface area contributed by atoms with Crippen LogP contribution in [-0.2, 0) is 49.5 Å². The quantitative estimate of drug-likeness (QED) is 0.0685. The number of carbonyl (C=O) groups excluding carboxylic acids is 6. The first kappa shape index (κ1) is 57.5. The van der Waals surface area contributed by atoms with Crippen LogP contribution >= 0.6 is 0 Å². The van der Waals surface area contributed by atoms with Crippen LogP contribution in [0.5, 0.6) is 11.5 Å². The van der Waals surface area contributed by atoms with Crippen molar-refractivity contribution in [1.29, 1.82) is 0 Å². The van der Waals surface area contributed by atoms with Gasteiger partial charge in [-0.3, -0.25) is 19.2 Å². The van der Waals surface area contributed by atoms with E-state index in [0.717, 1.165) is 18.4 Å². The Morgan fingerprint density at radius 3 is 1.42 bits per heavy atom. The fraction of sp³-hybridized carbons (Fsp3) is 0.547. The van der Waals surface area contributed by atoms with Gasteiger partial charge in [-0.2, -0.15) is 0 Å². The minimum absolute atomic E-state index is 0.0469. The average Bonchev–Trinajstić information content (AvgIpc) is 3.97. The number of esters is 2. The molecule has 4 amide bonds. The lowest BCUT2D eigenvalue weighted by Crippen LogP contribution is -2.57. The van der Waals surface area contributed by atoms with Crippen molar-refractivity contribution in [3.05, 3.63) is 95.6 Å². The van der Waals surface area contributed by atoms with Crippen molar-refractivity contribution in [2.45, 2.75) is 123 Å². The summed E-state index contributed by atoms with van der Waals surface area (Å²) in [6, 6.07) is 18.3. The van der Waals surface area contributed by atoms with Crippen LogP contribution < -0.4 is 10.6 Å². The number of phenols is 2. The second kappa shape index (κ2) is 27.5. The first-order valence-corrected chi connectivity index (χ1v) is 24.1. The van der Waals surface area contributed by atoms with E-state index in [4.69, 9.17) is 28.8 Å². The molecular weight excluding hydrogens is 917 g/mol. The minimum atomic E-state index is -0.919. The van der Waals surface area contributed by atoms with Gasteiger partial charge < -0.3 is 59.4 Å². The summed E-state index contributed by atoms with van der Waals surface area (Å²) in [6.45, 7) is 13.6. The fourth-order valence-corrected chi connectivity index (χ4v) is 8.18. The Kier molecular flexibility index (Phi) is 22.3. The van der Waals surface area contributed by atoms with Gasteiger partial charge in [0.15, 0.2) is 0 Å². The molecule has 5 N–H and O–H groups in total. The molecule has 2 saturated heterocycles. The summed E-state index contributed by atoms with van der Waals surface area (Å²) in [5, 5.41) is 33.9. The molecule has 2 aliphatic rings.